The summed E-state index contributed by atoms with van der Waals surface area (Å²) in [5.74, 6) is 0.659. The molecule has 0 saturated carbocycles. The van der Waals surface area contributed by atoms with Crippen molar-refractivity contribution in [3.63, 3.8) is 0 Å². The second kappa shape index (κ2) is 5.32. The van der Waals surface area contributed by atoms with E-state index in [4.69, 9.17) is 4.74 Å². The molecule has 20 heavy (non-hydrogen) atoms. The molecule has 0 spiro atoms. The van der Waals surface area contributed by atoms with Crippen molar-refractivity contribution in [3.8, 4) is 0 Å². The van der Waals surface area contributed by atoms with Gasteiger partial charge in [0.15, 0.2) is 0 Å². The van der Waals surface area contributed by atoms with Crippen LogP contribution in [-0.2, 0) is 11.2 Å². The van der Waals surface area contributed by atoms with Gasteiger partial charge >= 0.3 is 5.97 Å². The molecule has 6 nitrogen and oxygen atoms in total. The lowest BCUT2D eigenvalue weighted by molar-refractivity contribution is 0.0512. The van der Waals surface area contributed by atoms with Crippen molar-refractivity contribution in [2.24, 2.45) is 0 Å². The maximum Gasteiger partial charge on any atom is 0.378 e. The zero-order valence-electron chi connectivity index (χ0n) is 11.2. The minimum Gasteiger partial charge on any atom is -0.460 e. The molecule has 104 valence electrons. The average Bonchev–Trinajstić information content (AvgIpc) is 3.08. The maximum absolute atomic E-state index is 11.5. The minimum absolute atomic E-state index is 0.0982. The number of esters is 1. The van der Waals surface area contributed by atoms with Gasteiger partial charge in [-0.3, -0.25) is 5.10 Å². The van der Waals surface area contributed by atoms with Crippen molar-refractivity contribution in [3.05, 3.63) is 41.5 Å². The summed E-state index contributed by atoms with van der Waals surface area (Å²) < 4.78 is 4.87. The van der Waals surface area contributed by atoms with Gasteiger partial charge in [-0.05, 0) is 18.6 Å². The monoisotopic (exact) mass is 272 g/mol. The highest BCUT2D eigenvalue weighted by molar-refractivity contribution is 5.84. The first kappa shape index (κ1) is 12.7. The zero-order valence-corrected chi connectivity index (χ0v) is 11.2. The lowest BCUT2D eigenvalue weighted by Gasteiger charge is -2.06. The Morgan fingerprint density at radius 1 is 1.45 bits per heavy atom. The largest absolute Gasteiger partial charge is 0.460 e. The fourth-order valence-electron chi connectivity index (χ4n) is 2.45. The first-order valence-corrected chi connectivity index (χ1v) is 6.69. The van der Waals surface area contributed by atoms with Crippen LogP contribution in [0.25, 0.3) is 0 Å². The highest BCUT2D eigenvalue weighted by Gasteiger charge is 2.23. The number of carbonyl (C=O) groups excluding carboxylic acids is 1. The van der Waals surface area contributed by atoms with E-state index in [1.165, 1.54) is 11.3 Å². The molecule has 1 unspecified atom stereocenters. The predicted octanol–water partition coefficient (Wildman–Crippen LogP) is 1.73. The Kier molecular flexibility index (Phi) is 3.37. The van der Waals surface area contributed by atoms with Crippen LogP contribution in [0.5, 0.6) is 0 Å². The van der Waals surface area contributed by atoms with E-state index in [0.717, 1.165) is 13.0 Å². The molecular formula is C14H16N4O2. The third-order valence-electron chi connectivity index (χ3n) is 3.37. The van der Waals surface area contributed by atoms with Crippen molar-refractivity contribution in [1.29, 1.82) is 0 Å². The first-order valence-electron chi connectivity index (χ1n) is 6.69. The molecule has 0 fully saturated rings. The Morgan fingerprint density at radius 2 is 2.30 bits per heavy atom. The Bertz CT molecular complexity index is 623. The third kappa shape index (κ3) is 2.36. The highest BCUT2D eigenvalue weighted by Crippen LogP contribution is 2.32. The molecule has 1 aromatic carbocycles. The molecule has 1 aliphatic rings. The van der Waals surface area contributed by atoms with E-state index in [1.54, 1.807) is 6.92 Å². The van der Waals surface area contributed by atoms with Gasteiger partial charge < -0.3 is 10.1 Å². The van der Waals surface area contributed by atoms with E-state index >= 15 is 0 Å². The number of para-hydroxylation sites is 1. The SMILES string of the molecule is CCOC(=O)c1n[nH]c(CC2CNc3ccccc32)n1. The number of H-pyrrole nitrogens is 1. The van der Waals surface area contributed by atoms with Crippen molar-refractivity contribution in [2.45, 2.75) is 19.3 Å². The summed E-state index contributed by atoms with van der Waals surface area (Å²) in [6.07, 6.45) is 0.719. The van der Waals surface area contributed by atoms with Gasteiger partial charge in [0.1, 0.15) is 5.82 Å². The predicted molar refractivity (Wildman–Crippen MR) is 73.7 cm³/mol. The average molecular weight is 272 g/mol. The van der Waals surface area contributed by atoms with Gasteiger partial charge in [-0.15, -0.1) is 5.10 Å². The minimum atomic E-state index is -0.486. The summed E-state index contributed by atoms with van der Waals surface area (Å²) in [6, 6.07) is 8.23. The van der Waals surface area contributed by atoms with E-state index in [9.17, 15) is 4.79 Å². The van der Waals surface area contributed by atoms with Gasteiger partial charge in [0.2, 0.25) is 0 Å². The fraction of sp³-hybridized carbons (Fsp3) is 0.357. The highest BCUT2D eigenvalue weighted by atomic mass is 16.5. The number of ether oxygens (including phenoxy) is 1. The van der Waals surface area contributed by atoms with Crippen LogP contribution in [-0.4, -0.2) is 34.3 Å². The molecule has 1 atom stereocenters. The maximum atomic E-state index is 11.5. The van der Waals surface area contributed by atoms with Gasteiger partial charge in [-0.1, -0.05) is 18.2 Å². The first-order chi connectivity index (χ1) is 9.78. The number of aromatic amines is 1. The van der Waals surface area contributed by atoms with Crippen LogP contribution in [0, 0.1) is 0 Å². The molecular weight excluding hydrogens is 256 g/mol. The summed E-state index contributed by atoms with van der Waals surface area (Å²) in [6.45, 7) is 2.95. The topological polar surface area (TPSA) is 79.9 Å². The number of hydrogen-bond donors (Lipinski definition) is 2. The molecule has 0 amide bonds. The van der Waals surface area contributed by atoms with Crippen molar-refractivity contribution < 1.29 is 9.53 Å². The second-order valence-electron chi connectivity index (χ2n) is 4.70. The Labute approximate surface area is 116 Å². The van der Waals surface area contributed by atoms with Crippen molar-refractivity contribution >= 4 is 11.7 Å². The Morgan fingerprint density at radius 3 is 3.15 bits per heavy atom. The molecule has 0 aliphatic carbocycles. The van der Waals surface area contributed by atoms with Crippen molar-refractivity contribution in [2.75, 3.05) is 18.5 Å². The van der Waals surface area contributed by atoms with Gasteiger partial charge in [-0.25, -0.2) is 9.78 Å². The van der Waals surface area contributed by atoms with Gasteiger partial charge in [0.05, 0.1) is 6.61 Å². The number of nitrogens with zero attached hydrogens (tertiary/aromatic N) is 2. The number of carbonyl (C=O) groups is 1. The van der Waals surface area contributed by atoms with Crippen LogP contribution < -0.4 is 5.32 Å². The van der Waals surface area contributed by atoms with E-state index in [1.807, 2.05) is 12.1 Å². The molecule has 2 aromatic rings. The van der Waals surface area contributed by atoms with Crippen LogP contribution >= 0.6 is 0 Å². The van der Waals surface area contributed by atoms with Gasteiger partial charge in [-0.2, -0.15) is 0 Å². The van der Waals surface area contributed by atoms with E-state index in [0.29, 0.717) is 18.3 Å². The van der Waals surface area contributed by atoms with Gasteiger partial charge in [0, 0.05) is 24.6 Å². The van der Waals surface area contributed by atoms with Crippen LogP contribution in [0.3, 0.4) is 0 Å². The Hall–Kier alpha value is -2.37. The number of nitrogens with one attached hydrogen (secondary N) is 2. The molecule has 2 N–H and O–H groups in total. The lowest BCUT2D eigenvalue weighted by atomic mass is 9.98. The summed E-state index contributed by atoms with van der Waals surface area (Å²) in [7, 11) is 0. The number of anilines is 1. The molecule has 2 heterocycles. The third-order valence-corrected chi connectivity index (χ3v) is 3.37. The van der Waals surface area contributed by atoms with Crippen molar-refractivity contribution in [1.82, 2.24) is 15.2 Å². The zero-order chi connectivity index (χ0) is 13.9. The van der Waals surface area contributed by atoms with Gasteiger partial charge in [0.25, 0.3) is 5.82 Å². The molecule has 0 radical (unpaired) electrons. The molecule has 0 bridgehead atoms. The number of aromatic nitrogens is 3. The summed E-state index contributed by atoms with van der Waals surface area (Å²) >= 11 is 0. The van der Waals surface area contributed by atoms with E-state index in [-0.39, 0.29) is 5.82 Å². The standard InChI is InChI=1S/C14H16N4O2/c1-2-20-14(19)13-16-12(17-18-13)7-9-8-15-11-6-4-3-5-10(9)11/h3-6,9,15H,2,7-8H2,1H3,(H,16,17,18). The molecule has 0 saturated heterocycles. The number of fused-ring (bicyclic) bond motifs is 1. The molecule has 3 rings (SSSR count). The summed E-state index contributed by atoms with van der Waals surface area (Å²) in [5.41, 5.74) is 2.45. The summed E-state index contributed by atoms with van der Waals surface area (Å²) in [5, 5.41) is 10.1. The fourth-order valence-corrected chi connectivity index (χ4v) is 2.45. The smallest absolute Gasteiger partial charge is 0.378 e. The van der Waals surface area contributed by atoms with Crippen LogP contribution in [0.4, 0.5) is 5.69 Å². The van der Waals surface area contributed by atoms with Crippen LogP contribution in [0.2, 0.25) is 0 Å². The number of hydrogen-bond acceptors (Lipinski definition) is 5. The van der Waals surface area contributed by atoms with E-state index < -0.39 is 5.97 Å². The van der Waals surface area contributed by atoms with E-state index in [2.05, 4.69) is 32.6 Å². The van der Waals surface area contributed by atoms with Crippen LogP contribution in [0.15, 0.2) is 24.3 Å². The quantitative estimate of drug-likeness (QED) is 0.829. The number of benzene rings is 1. The molecule has 1 aliphatic heterocycles. The second-order valence-corrected chi connectivity index (χ2v) is 4.70. The van der Waals surface area contributed by atoms with Crippen LogP contribution in [0.1, 0.15) is 34.8 Å². The summed E-state index contributed by atoms with van der Waals surface area (Å²) in [4.78, 5) is 15.7. The lowest BCUT2D eigenvalue weighted by Crippen LogP contribution is -2.08. The molecule has 1 aromatic heterocycles. The normalized spacial score (nSPS) is 16.6. The Balaban J connectivity index is 1.72. The molecule has 6 heteroatoms. The number of rotatable bonds is 4.